The summed E-state index contributed by atoms with van der Waals surface area (Å²) in [6, 6.07) is 10.6. The number of amides is 3. The maximum absolute atomic E-state index is 12.2. The van der Waals surface area contributed by atoms with Gasteiger partial charge in [-0.3, -0.25) is 15.1 Å². The van der Waals surface area contributed by atoms with Crippen LogP contribution in [0, 0.1) is 0 Å². The molecule has 3 amide bonds. The average molecular weight is 505 g/mol. The Morgan fingerprint density at radius 1 is 1.19 bits per heavy atom. The summed E-state index contributed by atoms with van der Waals surface area (Å²) in [5, 5.41) is 17.8. The highest BCUT2D eigenvalue weighted by Crippen LogP contribution is 2.40. The topological polar surface area (TPSA) is 155 Å². The predicted molar refractivity (Wildman–Crippen MR) is 134 cm³/mol. The molecule has 0 aliphatic carbocycles. The van der Waals surface area contributed by atoms with Crippen molar-refractivity contribution in [3.8, 4) is 28.1 Å². The third kappa shape index (κ3) is 4.07. The molecule has 1 aliphatic heterocycles. The van der Waals surface area contributed by atoms with Crippen LogP contribution in [0.15, 0.2) is 48.8 Å². The number of ether oxygens (including phenoxy) is 1. The molecular weight excluding hydrogens is 484 g/mol. The van der Waals surface area contributed by atoms with E-state index in [0.29, 0.717) is 34.0 Å². The molecule has 0 saturated carbocycles. The number of aliphatic carboxylic acids is 1. The molecule has 0 saturated heterocycles. The van der Waals surface area contributed by atoms with Crippen molar-refractivity contribution in [3.63, 3.8) is 0 Å². The van der Waals surface area contributed by atoms with Gasteiger partial charge in [-0.05, 0) is 49.7 Å². The molecule has 182 valence electrons. The minimum atomic E-state index is -2.08. The maximum Gasteiger partial charge on any atom is 0.357 e. The van der Waals surface area contributed by atoms with Crippen molar-refractivity contribution in [2.24, 2.45) is 0 Å². The Kier molecular flexibility index (Phi) is 5.72. The molecule has 36 heavy (non-hydrogen) atoms. The van der Waals surface area contributed by atoms with Gasteiger partial charge in [0.15, 0.2) is 16.7 Å². The highest BCUT2D eigenvalue weighted by atomic mass is 32.1. The number of rotatable bonds is 5. The summed E-state index contributed by atoms with van der Waals surface area (Å²) in [6.07, 6.45) is 3.24. The van der Waals surface area contributed by atoms with Crippen LogP contribution in [0.2, 0.25) is 0 Å². The van der Waals surface area contributed by atoms with Crippen molar-refractivity contribution in [3.05, 3.63) is 48.8 Å². The first-order valence-electron chi connectivity index (χ1n) is 10.9. The van der Waals surface area contributed by atoms with E-state index in [0.717, 1.165) is 10.3 Å². The van der Waals surface area contributed by atoms with Gasteiger partial charge in [-0.25, -0.2) is 19.6 Å². The molecule has 0 fully saturated rings. The van der Waals surface area contributed by atoms with Crippen LogP contribution in [0.25, 0.3) is 32.6 Å². The fraction of sp³-hybridized carbons (Fsp3) is 0.167. The molecule has 1 aromatic carbocycles. The summed E-state index contributed by atoms with van der Waals surface area (Å²) < 4.78 is 6.40. The van der Waals surface area contributed by atoms with Gasteiger partial charge >= 0.3 is 12.0 Å². The fourth-order valence-electron chi connectivity index (χ4n) is 3.68. The number of hydrogen-bond acceptors (Lipinski definition) is 8. The Bertz CT molecular complexity index is 1520. The summed E-state index contributed by atoms with van der Waals surface area (Å²) in [5.74, 6) is -1.95. The number of carbonyl (C=O) groups excluding carboxylic acids is 2. The molecule has 3 aromatic heterocycles. The van der Waals surface area contributed by atoms with E-state index in [1.165, 1.54) is 18.3 Å². The Labute approximate surface area is 208 Å². The zero-order chi connectivity index (χ0) is 25.4. The van der Waals surface area contributed by atoms with E-state index in [4.69, 9.17) is 4.74 Å². The van der Waals surface area contributed by atoms with Crippen LogP contribution in [0.5, 0.6) is 5.75 Å². The van der Waals surface area contributed by atoms with Crippen molar-refractivity contribution in [1.82, 2.24) is 20.3 Å². The first-order chi connectivity index (χ1) is 17.3. The normalized spacial score (nSPS) is 16.6. The van der Waals surface area contributed by atoms with Gasteiger partial charge in [-0.1, -0.05) is 17.4 Å². The summed E-state index contributed by atoms with van der Waals surface area (Å²) in [6.45, 7) is 3.49. The highest BCUT2D eigenvalue weighted by Gasteiger charge is 2.48. The summed E-state index contributed by atoms with van der Waals surface area (Å²) in [4.78, 5) is 49.3. The van der Waals surface area contributed by atoms with Crippen LogP contribution in [0.1, 0.15) is 13.8 Å². The van der Waals surface area contributed by atoms with Crippen molar-refractivity contribution in [1.29, 1.82) is 0 Å². The molecule has 0 spiro atoms. The number of nitrogens with zero attached hydrogens (tertiary/aromatic N) is 3. The SMILES string of the molecule is CCNC(=O)Nc1nc2cc(-c3cnc4c(c3)OC(C)(C(=O)O)C(=O)N4)cc(-c3ccccn3)c2s1. The second kappa shape index (κ2) is 8.89. The molecule has 1 atom stereocenters. The van der Waals surface area contributed by atoms with Crippen LogP contribution in [0.4, 0.5) is 15.7 Å². The van der Waals surface area contributed by atoms with Crippen LogP contribution in [-0.2, 0) is 9.59 Å². The number of nitrogens with one attached hydrogen (secondary N) is 3. The van der Waals surface area contributed by atoms with Crippen LogP contribution >= 0.6 is 11.3 Å². The van der Waals surface area contributed by atoms with Crippen LogP contribution < -0.4 is 20.7 Å². The minimum absolute atomic E-state index is 0.133. The minimum Gasteiger partial charge on any atom is -0.478 e. The zero-order valence-electron chi connectivity index (χ0n) is 19.2. The Morgan fingerprint density at radius 3 is 2.75 bits per heavy atom. The van der Waals surface area contributed by atoms with Crippen molar-refractivity contribution < 1.29 is 24.2 Å². The molecule has 12 heteroatoms. The third-order valence-electron chi connectivity index (χ3n) is 5.56. The molecule has 4 heterocycles. The molecule has 4 N–H and O–H groups in total. The number of anilines is 2. The van der Waals surface area contributed by atoms with E-state index < -0.39 is 17.5 Å². The maximum atomic E-state index is 12.2. The highest BCUT2D eigenvalue weighted by molar-refractivity contribution is 7.22. The fourth-order valence-corrected chi connectivity index (χ4v) is 4.64. The molecule has 1 unspecified atom stereocenters. The van der Waals surface area contributed by atoms with Gasteiger partial charge in [0, 0.05) is 30.1 Å². The van der Waals surface area contributed by atoms with Crippen LogP contribution in [-0.4, -0.2) is 50.1 Å². The quantitative estimate of drug-likeness (QED) is 0.300. The molecule has 5 rings (SSSR count). The number of urea groups is 1. The molecule has 4 aromatic rings. The molecule has 1 aliphatic rings. The third-order valence-corrected chi connectivity index (χ3v) is 6.58. The number of carboxylic acid groups (broad SMARTS) is 1. The number of aromatic nitrogens is 3. The lowest BCUT2D eigenvalue weighted by atomic mass is 10.0. The van der Waals surface area contributed by atoms with Crippen molar-refractivity contribution in [2.75, 3.05) is 17.2 Å². The smallest absolute Gasteiger partial charge is 0.357 e. The number of hydrogen-bond donors (Lipinski definition) is 4. The molecular formula is C24H20N6O5S. The van der Waals surface area contributed by atoms with Crippen molar-refractivity contribution >= 4 is 50.4 Å². The van der Waals surface area contributed by atoms with Gasteiger partial charge in [-0.15, -0.1) is 0 Å². The lowest BCUT2D eigenvalue weighted by Crippen LogP contribution is -2.54. The molecule has 0 radical (unpaired) electrons. The number of carbonyl (C=O) groups is 3. The van der Waals surface area contributed by atoms with Gasteiger partial charge in [0.05, 0.1) is 15.9 Å². The zero-order valence-corrected chi connectivity index (χ0v) is 20.0. The standard InChI is InChI=1S/C24H20N6O5S/c1-3-25-22(34)30-23-28-16-9-12(8-14(18(16)36-23)15-6-4-5-7-26-15)13-10-17-19(27-11-13)29-20(31)24(2,35-17)21(32)33/h4-11H,3H2,1-2H3,(H,32,33)(H,27,29,31)(H2,25,28,30,34). The monoisotopic (exact) mass is 504 g/mol. The second-order valence-electron chi connectivity index (χ2n) is 8.06. The summed E-state index contributed by atoms with van der Waals surface area (Å²) in [5.41, 5.74) is 1.39. The van der Waals surface area contributed by atoms with Gasteiger partial charge < -0.3 is 20.5 Å². The first-order valence-corrected chi connectivity index (χ1v) is 11.7. The van der Waals surface area contributed by atoms with E-state index >= 15 is 0 Å². The van der Waals surface area contributed by atoms with Gasteiger partial charge in [0.2, 0.25) is 0 Å². The molecule has 11 nitrogen and oxygen atoms in total. The van der Waals surface area contributed by atoms with Gasteiger partial charge in [-0.2, -0.15) is 0 Å². The molecule has 0 bridgehead atoms. The van der Waals surface area contributed by atoms with Gasteiger partial charge in [0.1, 0.15) is 0 Å². The lowest BCUT2D eigenvalue weighted by molar-refractivity contribution is -0.159. The Hall–Kier alpha value is -4.58. The number of thiazole rings is 1. The summed E-state index contributed by atoms with van der Waals surface area (Å²) in [7, 11) is 0. The Morgan fingerprint density at radius 2 is 2.03 bits per heavy atom. The second-order valence-corrected chi connectivity index (χ2v) is 9.05. The number of carboxylic acids is 1. The summed E-state index contributed by atoms with van der Waals surface area (Å²) >= 11 is 1.33. The van der Waals surface area contributed by atoms with Gasteiger partial charge in [0.25, 0.3) is 11.5 Å². The predicted octanol–water partition coefficient (Wildman–Crippen LogP) is 3.74. The largest absolute Gasteiger partial charge is 0.478 e. The average Bonchev–Trinajstić information content (AvgIpc) is 3.26. The van der Waals surface area contributed by atoms with Crippen LogP contribution in [0.3, 0.4) is 0 Å². The van der Waals surface area contributed by atoms with E-state index in [-0.39, 0.29) is 17.6 Å². The van der Waals surface area contributed by atoms with E-state index in [1.807, 2.05) is 37.3 Å². The van der Waals surface area contributed by atoms with E-state index in [2.05, 4.69) is 30.9 Å². The Balaban J connectivity index is 1.62. The van der Waals surface area contributed by atoms with Crippen molar-refractivity contribution in [2.45, 2.75) is 19.4 Å². The van der Waals surface area contributed by atoms with E-state index in [9.17, 15) is 19.5 Å². The lowest BCUT2D eigenvalue weighted by Gasteiger charge is -2.30. The number of pyridine rings is 2. The van der Waals surface area contributed by atoms with E-state index in [1.54, 1.807) is 18.5 Å². The first kappa shape index (κ1) is 23.2. The number of benzene rings is 1. The number of fused-ring (bicyclic) bond motifs is 2.